The molecule has 5 rings (SSSR count). The average molecular weight is 450 g/mol. The molecule has 0 aliphatic carbocycles. The number of fused-ring (bicyclic) bond motifs is 2. The van der Waals surface area contributed by atoms with Crippen LogP contribution in [0.5, 0.6) is 11.5 Å². The molecule has 7 heteroatoms. The van der Waals surface area contributed by atoms with Crippen molar-refractivity contribution in [1.82, 2.24) is 4.90 Å². The van der Waals surface area contributed by atoms with E-state index in [0.29, 0.717) is 22.9 Å². The van der Waals surface area contributed by atoms with Crippen molar-refractivity contribution in [3.63, 3.8) is 0 Å². The molecule has 0 amide bonds. The summed E-state index contributed by atoms with van der Waals surface area (Å²) in [6, 6.07) is 21.4. The number of nitrogens with one attached hydrogen (secondary N) is 1. The van der Waals surface area contributed by atoms with Crippen molar-refractivity contribution in [3.05, 3.63) is 72.8 Å². The number of para-hydroxylation sites is 4. The largest absolute Gasteiger partial charge is 0.453 e. The molecular formula is C25H27N3O3S. The zero-order chi connectivity index (χ0) is 22.0. The highest BCUT2D eigenvalue weighted by Crippen LogP contribution is 2.48. The fourth-order valence-corrected chi connectivity index (χ4v) is 5.83. The topological polar surface area (TPSA) is 61.9 Å². The molecule has 2 heterocycles. The van der Waals surface area contributed by atoms with Gasteiger partial charge in [0.15, 0.2) is 11.5 Å². The summed E-state index contributed by atoms with van der Waals surface area (Å²) >= 11 is 0. The van der Waals surface area contributed by atoms with Gasteiger partial charge in [-0.25, -0.2) is 12.7 Å². The lowest BCUT2D eigenvalue weighted by atomic mass is 10.2. The third-order valence-corrected chi connectivity index (χ3v) is 7.70. The van der Waals surface area contributed by atoms with Gasteiger partial charge in [-0.3, -0.25) is 0 Å². The van der Waals surface area contributed by atoms with Gasteiger partial charge in [0, 0.05) is 12.2 Å². The van der Waals surface area contributed by atoms with Crippen LogP contribution in [0.3, 0.4) is 0 Å². The second kappa shape index (κ2) is 8.84. The molecule has 0 saturated carbocycles. The smallest absolute Gasteiger partial charge is 0.268 e. The van der Waals surface area contributed by atoms with Gasteiger partial charge in [0.05, 0.1) is 4.90 Å². The maximum atomic E-state index is 13.7. The van der Waals surface area contributed by atoms with Gasteiger partial charge in [-0.1, -0.05) is 24.3 Å². The van der Waals surface area contributed by atoms with Gasteiger partial charge in [-0.05, 0) is 87.4 Å². The molecule has 0 bridgehead atoms. The van der Waals surface area contributed by atoms with E-state index in [1.807, 2.05) is 36.4 Å². The molecule has 2 aliphatic rings. The van der Waals surface area contributed by atoms with E-state index in [9.17, 15) is 8.42 Å². The minimum absolute atomic E-state index is 0.242. The van der Waals surface area contributed by atoms with Crippen LogP contribution in [0.25, 0.3) is 0 Å². The van der Waals surface area contributed by atoms with Gasteiger partial charge in [-0.15, -0.1) is 0 Å². The lowest BCUT2D eigenvalue weighted by Crippen LogP contribution is -2.28. The van der Waals surface area contributed by atoms with Crippen molar-refractivity contribution < 1.29 is 13.2 Å². The summed E-state index contributed by atoms with van der Waals surface area (Å²) in [4.78, 5) is 2.74. The van der Waals surface area contributed by atoms with Gasteiger partial charge < -0.3 is 15.0 Å². The summed E-state index contributed by atoms with van der Waals surface area (Å²) in [5.74, 6) is 1.04. The molecule has 0 aromatic heterocycles. The van der Waals surface area contributed by atoms with E-state index in [1.54, 1.807) is 36.4 Å². The van der Waals surface area contributed by atoms with Gasteiger partial charge in [0.25, 0.3) is 10.0 Å². The summed E-state index contributed by atoms with van der Waals surface area (Å²) in [6.45, 7) is 4.39. The van der Waals surface area contributed by atoms with Crippen molar-refractivity contribution in [2.75, 3.05) is 35.8 Å². The third-order valence-electron chi connectivity index (χ3n) is 5.96. The number of anilines is 3. The predicted octanol–water partition coefficient (Wildman–Crippen LogP) is 5.22. The highest BCUT2D eigenvalue weighted by Gasteiger charge is 2.34. The normalized spacial score (nSPS) is 15.7. The van der Waals surface area contributed by atoms with Crippen LogP contribution >= 0.6 is 0 Å². The average Bonchev–Trinajstić information content (AvgIpc) is 3.34. The third kappa shape index (κ3) is 4.06. The Labute approximate surface area is 189 Å². The number of hydrogen-bond donors (Lipinski definition) is 1. The van der Waals surface area contributed by atoms with Gasteiger partial charge in [0.2, 0.25) is 0 Å². The number of hydrogen-bond acceptors (Lipinski definition) is 5. The van der Waals surface area contributed by atoms with Crippen LogP contribution in [0.1, 0.15) is 19.3 Å². The quantitative estimate of drug-likeness (QED) is 0.501. The molecule has 32 heavy (non-hydrogen) atoms. The fourth-order valence-electron chi connectivity index (χ4n) is 4.32. The Morgan fingerprint density at radius 1 is 0.812 bits per heavy atom. The minimum atomic E-state index is -3.82. The van der Waals surface area contributed by atoms with E-state index in [4.69, 9.17) is 4.74 Å². The van der Waals surface area contributed by atoms with Gasteiger partial charge in [-0.2, -0.15) is 0 Å². The van der Waals surface area contributed by atoms with Crippen molar-refractivity contribution in [1.29, 1.82) is 0 Å². The van der Waals surface area contributed by atoms with E-state index in [2.05, 4.69) is 10.2 Å². The van der Waals surface area contributed by atoms with E-state index >= 15 is 0 Å². The van der Waals surface area contributed by atoms with Crippen LogP contribution in [0.15, 0.2) is 77.7 Å². The van der Waals surface area contributed by atoms with E-state index in [1.165, 1.54) is 30.2 Å². The van der Waals surface area contributed by atoms with Crippen molar-refractivity contribution in [3.8, 4) is 11.5 Å². The predicted molar refractivity (Wildman–Crippen MR) is 128 cm³/mol. The Kier molecular flexibility index (Phi) is 5.76. The molecule has 3 aromatic carbocycles. The van der Waals surface area contributed by atoms with Crippen LogP contribution in [-0.4, -0.2) is 39.5 Å². The molecule has 0 spiro atoms. The highest BCUT2D eigenvalue weighted by atomic mass is 32.2. The second-order valence-electron chi connectivity index (χ2n) is 8.16. The maximum absolute atomic E-state index is 13.7. The Bertz CT molecular complexity index is 1140. The van der Waals surface area contributed by atoms with Gasteiger partial charge in [0.1, 0.15) is 11.4 Å². The zero-order valence-corrected chi connectivity index (χ0v) is 18.7. The standard InChI is InChI=1S/C25H27N3O3S/c29-32(30,21-14-12-20(13-15-21)26-16-7-19-27-17-5-6-18-27)28-22-8-1-3-10-24(22)31-25-11-4-2-9-23(25)28/h1-4,8-15,26H,5-7,16-19H2. The zero-order valence-electron chi connectivity index (χ0n) is 17.9. The first-order valence-electron chi connectivity index (χ1n) is 11.1. The van der Waals surface area contributed by atoms with E-state index < -0.39 is 10.0 Å². The Balaban J connectivity index is 1.35. The molecule has 0 unspecified atom stereocenters. The van der Waals surface area contributed by atoms with Crippen LogP contribution < -0.4 is 14.4 Å². The molecule has 2 aliphatic heterocycles. The summed E-state index contributed by atoms with van der Waals surface area (Å²) < 4.78 is 34.7. The fraction of sp³-hybridized carbons (Fsp3) is 0.280. The van der Waals surface area contributed by atoms with Crippen LogP contribution in [-0.2, 0) is 10.0 Å². The van der Waals surface area contributed by atoms with Crippen molar-refractivity contribution in [2.24, 2.45) is 0 Å². The number of sulfonamides is 1. The molecule has 1 fully saturated rings. The number of rotatable bonds is 7. The van der Waals surface area contributed by atoms with E-state index in [0.717, 1.165) is 25.2 Å². The van der Waals surface area contributed by atoms with Crippen molar-refractivity contribution in [2.45, 2.75) is 24.2 Å². The van der Waals surface area contributed by atoms with Gasteiger partial charge >= 0.3 is 0 Å². The first-order valence-corrected chi connectivity index (χ1v) is 12.5. The molecule has 0 radical (unpaired) electrons. The van der Waals surface area contributed by atoms with Crippen LogP contribution in [0, 0.1) is 0 Å². The summed E-state index contributed by atoms with van der Waals surface area (Å²) in [5, 5.41) is 3.40. The van der Waals surface area contributed by atoms with Crippen LogP contribution in [0.2, 0.25) is 0 Å². The first-order chi connectivity index (χ1) is 15.6. The molecular weight excluding hydrogens is 422 g/mol. The lowest BCUT2D eigenvalue weighted by molar-refractivity contribution is 0.337. The Morgan fingerprint density at radius 3 is 2.03 bits per heavy atom. The Morgan fingerprint density at radius 2 is 1.41 bits per heavy atom. The van der Waals surface area contributed by atoms with Crippen LogP contribution in [0.4, 0.5) is 17.1 Å². The van der Waals surface area contributed by atoms with E-state index in [-0.39, 0.29) is 4.90 Å². The monoisotopic (exact) mass is 449 g/mol. The Hall–Kier alpha value is -3.03. The minimum Gasteiger partial charge on any atom is -0.453 e. The molecule has 166 valence electrons. The SMILES string of the molecule is O=S(=O)(c1ccc(NCCCN2CCCC2)cc1)N1c2ccccc2Oc2ccccc21. The number of nitrogens with zero attached hydrogens (tertiary/aromatic N) is 2. The lowest BCUT2D eigenvalue weighted by Gasteiger charge is -2.31. The molecule has 0 atom stereocenters. The molecule has 1 N–H and O–H groups in total. The summed E-state index contributed by atoms with van der Waals surface area (Å²) in [6.07, 6.45) is 3.68. The number of likely N-dealkylation sites (tertiary alicyclic amines) is 1. The van der Waals surface area contributed by atoms with Crippen molar-refractivity contribution >= 4 is 27.1 Å². The second-order valence-corrected chi connectivity index (χ2v) is 9.95. The molecule has 6 nitrogen and oxygen atoms in total. The highest BCUT2D eigenvalue weighted by molar-refractivity contribution is 7.93. The summed E-state index contributed by atoms with van der Waals surface area (Å²) in [5.41, 5.74) is 1.94. The summed E-state index contributed by atoms with van der Waals surface area (Å²) in [7, 11) is -3.82. The molecule has 3 aromatic rings. The first kappa shape index (κ1) is 20.8. The molecule has 1 saturated heterocycles. The number of benzene rings is 3. The maximum Gasteiger partial charge on any atom is 0.268 e. The number of ether oxygens (including phenoxy) is 1.